The molecule has 0 aliphatic heterocycles. The zero-order valence-electron chi connectivity index (χ0n) is 11.4. The Bertz CT molecular complexity index is 575. The van der Waals surface area contributed by atoms with Crippen molar-refractivity contribution in [2.24, 2.45) is 0 Å². The fraction of sp³-hybridized carbons (Fsp3) is 0.267. The van der Waals surface area contributed by atoms with Gasteiger partial charge in [-0.1, -0.05) is 23.7 Å². The summed E-state index contributed by atoms with van der Waals surface area (Å²) in [4.78, 5) is 4.10. The summed E-state index contributed by atoms with van der Waals surface area (Å²) in [7, 11) is 1.67. The van der Waals surface area contributed by atoms with Gasteiger partial charge in [-0.15, -0.1) is 0 Å². The number of nitrogens with zero attached hydrogens (tertiary/aromatic N) is 1. The summed E-state index contributed by atoms with van der Waals surface area (Å²) in [5.74, 6) is 0.875. The number of hydrogen-bond acceptors (Lipinski definition) is 3. The molecule has 106 valence electrons. The maximum absolute atomic E-state index is 5.88. The van der Waals surface area contributed by atoms with Crippen molar-refractivity contribution in [1.29, 1.82) is 0 Å². The third-order valence-electron chi connectivity index (χ3n) is 2.91. The molecule has 2 aromatic rings. The van der Waals surface area contributed by atoms with Crippen LogP contribution in [0.2, 0.25) is 5.15 Å². The lowest BCUT2D eigenvalue weighted by Gasteiger charge is -2.15. The first-order chi connectivity index (χ1) is 9.58. The number of halogens is 2. The minimum absolute atomic E-state index is 0.290. The highest BCUT2D eigenvalue weighted by atomic mass is 79.9. The molecule has 20 heavy (non-hydrogen) atoms. The third kappa shape index (κ3) is 4.12. The van der Waals surface area contributed by atoms with Crippen LogP contribution in [0.4, 0.5) is 5.69 Å². The van der Waals surface area contributed by atoms with Crippen LogP contribution in [-0.2, 0) is 6.42 Å². The lowest BCUT2D eigenvalue weighted by molar-refractivity contribution is 0.414. The second kappa shape index (κ2) is 6.95. The van der Waals surface area contributed by atoms with Crippen LogP contribution in [-0.4, -0.2) is 18.1 Å². The second-order valence-electron chi connectivity index (χ2n) is 4.59. The molecule has 0 amide bonds. The van der Waals surface area contributed by atoms with Crippen molar-refractivity contribution in [3.63, 3.8) is 0 Å². The van der Waals surface area contributed by atoms with Gasteiger partial charge in [0, 0.05) is 6.04 Å². The molecule has 1 aromatic carbocycles. The van der Waals surface area contributed by atoms with Crippen molar-refractivity contribution < 1.29 is 4.74 Å². The van der Waals surface area contributed by atoms with Crippen molar-refractivity contribution in [3.8, 4) is 5.75 Å². The molecular weight excluding hydrogens is 340 g/mol. The van der Waals surface area contributed by atoms with E-state index >= 15 is 0 Å². The van der Waals surface area contributed by atoms with Gasteiger partial charge >= 0.3 is 0 Å². The highest BCUT2D eigenvalue weighted by molar-refractivity contribution is 9.10. The fourth-order valence-corrected chi connectivity index (χ4v) is 2.40. The van der Waals surface area contributed by atoms with Gasteiger partial charge in [-0.3, -0.25) is 0 Å². The SMILES string of the molecule is COc1ccc(CC(C)Nc2cnc(Cl)c(Br)c2)cc1. The quantitative estimate of drug-likeness (QED) is 0.799. The van der Waals surface area contributed by atoms with Gasteiger partial charge in [0.15, 0.2) is 0 Å². The van der Waals surface area contributed by atoms with Crippen LogP contribution in [0.5, 0.6) is 5.75 Å². The zero-order chi connectivity index (χ0) is 14.5. The summed E-state index contributed by atoms with van der Waals surface area (Å²) in [6.07, 6.45) is 2.65. The molecule has 0 aliphatic rings. The normalized spacial score (nSPS) is 12.0. The molecule has 2 rings (SSSR count). The van der Waals surface area contributed by atoms with Crippen LogP contribution in [0.1, 0.15) is 12.5 Å². The molecule has 1 unspecified atom stereocenters. The maximum atomic E-state index is 5.88. The summed E-state index contributed by atoms with van der Waals surface area (Å²) in [5.41, 5.74) is 2.20. The first kappa shape index (κ1) is 15.1. The average molecular weight is 356 g/mol. The van der Waals surface area contributed by atoms with Crippen LogP contribution in [0.3, 0.4) is 0 Å². The Morgan fingerprint density at radius 2 is 2.05 bits per heavy atom. The highest BCUT2D eigenvalue weighted by Crippen LogP contribution is 2.23. The number of benzene rings is 1. The first-order valence-corrected chi connectivity index (χ1v) is 7.46. The Morgan fingerprint density at radius 3 is 2.65 bits per heavy atom. The number of hydrogen-bond donors (Lipinski definition) is 1. The monoisotopic (exact) mass is 354 g/mol. The van der Waals surface area contributed by atoms with E-state index in [1.165, 1.54) is 5.56 Å². The predicted octanol–water partition coefficient (Wildman–Crippen LogP) is 4.55. The molecule has 3 nitrogen and oxygen atoms in total. The minimum Gasteiger partial charge on any atom is -0.497 e. The van der Waals surface area contributed by atoms with Gasteiger partial charge in [-0.2, -0.15) is 0 Å². The van der Waals surface area contributed by atoms with E-state index in [4.69, 9.17) is 16.3 Å². The number of ether oxygens (including phenoxy) is 1. The summed E-state index contributed by atoms with van der Waals surface area (Å²) < 4.78 is 5.94. The van der Waals surface area contributed by atoms with Crippen molar-refractivity contribution in [1.82, 2.24) is 4.98 Å². The number of methoxy groups -OCH3 is 1. The Labute approximate surface area is 132 Å². The predicted molar refractivity (Wildman–Crippen MR) is 86.7 cm³/mol. The largest absolute Gasteiger partial charge is 0.497 e. The van der Waals surface area contributed by atoms with Gasteiger partial charge in [0.1, 0.15) is 10.9 Å². The van der Waals surface area contributed by atoms with Crippen molar-refractivity contribution in [2.75, 3.05) is 12.4 Å². The minimum atomic E-state index is 0.290. The van der Waals surface area contributed by atoms with E-state index in [0.717, 1.165) is 22.3 Å². The number of rotatable bonds is 5. The lowest BCUT2D eigenvalue weighted by atomic mass is 10.1. The van der Waals surface area contributed by atoms with Crippen molar-refractivity contribution >= 4 is 33.2 Å². The number of aromatic nitrogens is 1. The van der Waals surface area contributed by atoms with Crippen LogP contribution in [0, 0.1) is 0 Å². The molecule has 0 spiro atoms. The van der Waals surface area contributed by atoms with Crippen LogP contribution in [0.15, 0.2) is 41.0 Å². The van der Waals surface area contributed by atoms with E-state index in [-0.39, 0.29) is 0 Å². The smallest absolute Gasteiger partial charge is 0.143 e. The standard InChI is InChI=1S/C15H16BrClN2O/c1-10(7-11-3-5-13(20-2)6-4-11)19-12-8-14(16)15(17)18-9-12/h3-6,8-10,19H,7H2,1-2H3. The first-order valence-electron chi connectivity index (χ1n) is 6.29. The Kier molecular flexibility index (Phi) is 5.26. The molecular formula is C15H16BrClN2O. The Hall–Kier alpha value is -1.26. The van der Waals surface area contributed by atoms with E-state index in [9.17, 15) is 0 Å². The average Bonchev–Trinajstić information content (AvgIpc) is 2.44. The molecule has 0 bridgehead atoms. The molecule has 0 saturated heterocycles. The van der Waals surface area contributed by atoms with Gasteiger partial charge in [0.25, 0.3) is 0 Å². The second-order valence-corrected chi connectivity index (χ2v) is 5.81. The molecule has 1 N–H and O–H groups in total. The summed E-state index contributed by atoms with van der Waals surface area (Å²) in [5, 5.41) is 3.88. The van der Waals surface area contributed by atoms with Gasteiger partial charge < -0.3 is 10.1 Å². The van der Waals surface area contributed by atoms with E-state index in [2.05, 4.69) is 45.3 Å². The zero-order valence-corrected chi connectivity index (χ0v) is 13.7. The van der Waals surface area contributed by atoms with Gasteiger partial charge in [-0.25, -0.2) is 4.98 Å². The summed E-state index contributed by atoms with van der Waals surface area (Å²) >= 11 is 9.25. The molecule has 0 saturated carbocycles. The van der Waals surface area contributed by atoms with Crippen LogP contribution < -0.4 is 10.1 Å². The van der Waals surface area contributed by atoms with Gasteiger partial charge in [-0.05, 0) is 53.0 Å². The highest BCUT2D eigenvalue weighted by Gasteiger charge is 2.06. The fourth-order valence-electron chi connectivity index (χ4n) is 1.95. The molecule has 5 heteroatoms. The van der Waals surface area contributed by atoms with Crippen molar-refractivity contribution in [2.45, 2.75) is 19.4 Å². The van der Waals surface area contributed by atoms with Crippen LogP contribution in [0.25, 0.3) is 0 Å². The summed E-state index contributed by atoms with van der Waals surface area (Å²) in [6, 6.07) is 10.3. The lowest BCUT2D eigenvalue weighted by Crippen LogP contribution is -2.18. The molecule has 1 heterocycles. The van der Waals surface area contributed by atoms with E-state index in [0.29, 0.717) is 11.2 Å². The number of anilines is 1. The van der Waals surface area contributed by atoms with Crippen molar-refractivity contribution in [3.05, 3.63) is 51.7 Å². The maximum Gasteiger partial charge on any atom is 0.143 e. The topological polar surface area (TPSA) is 34.1 Å². The van der Waals surface area contributed by atoms with Crippen LogP contribution >= 0.6 is 27.5 Å². The van der Waals surface area contributed by atoms with E-state index < -0.39 is 0 Å². The molecule has 1 atom stereocenters. The Morgan fingerprint density at radius 1 is 1.35 bits per heavy atom. The Balaban J connectivity index is 1.97. The van der Waals surface area contributed by atoms with E-state index in [1.54, 1.807) is 13.3 Å². The molecule has 1 aromatic heterocycles. The van der Waals surface area contributed by atoms with E-state index in [1.807, 2.05) is 18.2 Å². The number of pyridine rings is 1. The number of nitrogens with one attached hydrogen (secondary N) is 1. The molecule has 0 aliphatic carbocycles. The van der Waals surface area contributed by atoms with Gasteiger partial charge in [0.2, 0.25) is 0 Å². The molecule has 0 radical (unpaired) electrons. The summed E-state index contributed by atoms with van der Waals surface area (Å²) in [6.45, 7) is 2.13. The molecule has 0 fully saturated rings. The third-order valence-corrected chi connectivity index (χ3v) is 4.04. The van der Waals surface area contributed by atoms with Gasteiger partial charge in [0.05, 0.1) is 23.5 Å².